The van der Waals surface area contributed by atoms with E-state index in [-0.39, 0.29) is 32.0 Å². The highest BCUT2D eigenvalue weighted by atomic mass is 31.2. The van der Waals surface area contributed by atoms with Crippen LogP contribution in [0, 0.1) is 0 Å². The molecule has 338 valence electrons. The molecule has 10 heteroatoms. The number of nitrogens with one attached hydrogen (secondary N) is 1. The first-order valence-electron chi connectivity index (χ1n) is 23.6. The van der Waals surface area contributed by atoms with E-state index in [0.717, 1.165) is 70.6 Å². The van der Waals surface area contributed by atoms with Gasteiger partial charge < -0.3 is 19.7 Å². The molecule has 0 spiro atoms. The normalized spacial score (nSPS) is 13.7. The van der Waals surface area contributed by atoms with Gasteiger partial charge in [-0.05, 0) is 58.4 Å². The number of carbonyl (C=O) groups is 2. The number of esters is 2. The largest absolute Gasteiger partial charge is 0.472 e. The molecule has 0 aromatic rings. The van der Waals surface area contributed by atoms with E-state index in [9.17, 15) is 19.0 Å². The van der Waals surface area contributed by atoms with E-state index in [4.69, 9.17) is 18.5 Å². The summed E-state index contributed by atoms with van der Waals surface area (Å²) in [6.45, 7) is 4.10. The third kappa shape index (κ3) is 43.5. The van der Waals surface area contributed by atoms with Crippen LogP contribution in [0.2, 0.25) is 0 Å². The molecule has 0 aliphatic rings. The maximum atomic E-state index is 12.6. The second kappa shape index (κ2) is 44.5. The van der Waals surface area contributed by atoms with E-state index in [1.165, 1.54) is 103 Å². The van der Waals surface area contributed by atoms with Crippen molar-refractivity contribution in [3.63, 3.8) is 0 Å². The van der Waals surface area contributed by atoms with Crippen LogP contribution < -0.4 is 5.32 Å². The Hall–Kier alpha value is -2.03. The van der Waals surface area contributed by atoms with Gasteiger partial charge >= 0.3 is 19.8 Å². The maximum Gasteiger partial charge on any atom is 0.472 e. The standard InChI is InChI=1S/C48H88NO8P/c1-4-6-8-10-12-14-16-18-20-22-23-25-26-28-30-32-34-36-38-40-47(50)54-44-46(45-56-58(52,53)55-43-42-49-3)57-48(51)41-39-37-35-33-31-29-27-24-21-19-17-15-13-11-9-7-5-2/h7,9,13,15,19,21,27,29,46,49H,4-6,8,10-12,14,16-18,20,22-26,28,30-45H2,1-3H3,(H,52,53)/b9-7-,15-13-,21-19-,29-27-. The van der Waals surface area contributed by atoms with Crippen molar-refractivity contribution in [3.05, 3.63) is 48.6 Å². The SMILES string of the molecule is CC/C=C\C/C=C\C/C=C\C/C=C\CCCCCCC(=O)OC(COC(=O)CCCCCCCCCCCCCCCCCCCCC)COP(=O)(O)OCCNC. The number of carbonyl (C=O) groups excluding carboxylic acids is 2. The van der Waals surface area contributed by atoms with Gasteiger partial charge in [-0.15, -0.1) is 0 Å². The Morgan fingerprint density at radius 1 is 0.552 bits per heavy atom. The topological polar surface area (TPSA) is 120 Å². The first kappa shape index (κ1) is 56.0. The van der Waals surface area contributed by atoms with Crippen LogP contribution in [-0.4, -0.2) is 56.3 Å². The number of phosphoric acid groups is 1. The van der Waals surface area contributed by atoms with Crippen LogP contribution in [0.5, 0.6) is 0 Å². The van der Waals surface area contributed by atoms with E-state index in [1.807, 2.05) is 0 Å². The van der Waals surface area contributed by atoms with Gasteiger partial charge in [0.15, 0.2) is 6.10 Å². The summed E-state index contributed by atoms with van der Waals surface area (Å²) in [5, 5.41) is 2.82. The molecule has 9 nitrogen and oxygen atoms in total. The number of hydrogen-bond acceptors (Lipinski definition) is 8. The minimum Gasteiger partial charge on any atom is -0.462 e. The first-order chi connectivity index (χ1) is 28.3. The van der Waals surface area contributed by atoms with Crippen molar-refractivity contribution in [2.75, 3.05) is 33.4 Å². The molecule has 0 bridgehead atoms. The van der Waals surface area contributed by atoms with Gasteiger partial charge in [-0.25, -0.2) is 4.57 Å². The maximum absolute atomic E-state index is 12.6. The van der Waals surface area contributed by atoms with Crippen molar-refractivity contribution in [2.24, 2.45) is 0 Å². The Kier molecular flexibility index (Phi) is 43.0. The summed E-state index contributed by atoms with van der Waals surface area (Å²) < 4.78 is 33.2. The van der Waals surface area contributed by atoms with Gasteiger partial charge in [0.05, 0.1) is 13.2 Å². The van der Waals surface area contributed by atoms with Crippen molar-refractivity contribution in [1.82, 2.24) is 5.32 Å². The fraction of sp³-hybridized carbons (Fsp3) is 0.792. The number of rotatable bonds is 44. The van der Waals surface area contributed by atoms with Gasteiger partial charge in [0.2, 0.25) is 0 Å². The summed E-state index contributed by atoms with van der Waals surface area (Å²) in [5.41, 5.74) is 0. The van der Waals surface area contributed by atoms with E-state index < -0.39 is 26.5 Å². The number of phosphoric ester groups is 1. The van der Waals surface area contributed by atoms with Crippen molar-refractivity contribution in [3.8, 4) is 0 Å². The number of likely N-dealkylation sites (N-methyl/N-ethyl adjacent to an activating group) is 1. The molecule has 0 radical (unpaired) electrons. The molecule has 0 aromatic heterocycles. The number of allylic oxidation sites excluding steroid dienone is 8. The molecule has 0 aliphatic heterocycles. The number of hydrogen-bond donors (Lipinski definition) is 2. The molecule has 2 atom stereocenters. The van der Waals surface area contributed by atoms with Crippen molar-refractivity contribution >= 4 is 19.8 Å². The fourth-order valence-electron chi connectivity index (χ4n) is 6.43. The van der Waals surface area contributed by atoms with Crippen molar-refractivity contribution in [1.29, 1.82) is 0 Å². The van der Waals surface area contributed by atoms with E-state index in [1.54, 1.807) is 7.05 Å². The second-order valence-electron chi connectivity index (χ2n) is 15.6. The Morgan fingerprint density at radius 3 is 1.47 bits per heavy atom. The van der Waals surface area contributed by atoms with Gasteiger partial charge in [0.1, 0.15) is 6.61 Å². The summed E-state index contributed by atoms with van der Waals surface area (Å²) in [5.74, 6) is -0.829. The Bertz CT molecular complexity index is 1090. The summed E-state index contributed by atoms with van der Waals surface area (Å²) in [4.78, 5) is 35.1. The number of unbranched alkanes of at least 4 members (excludes halogenated alkanes) is 22. The molecular weight excluding hydrogens is 750 g/mol. The highest BCUT2D eigenvalue weighted by Crippen LogP contribution is 2.43. The molecule has 0 aliphatic carbocycles. The summed E-state index contributed by atoms with van der Waals surface area (Å²) >= 11 is 0. The lowest BCUT2D eigenvalue weighted by Gasteiger charge is -2.20. The molecule has 0 heterocycles. The molecule has 0 aromatic carbocycles. The van der Waals surface area contributed by atoms with Gasteiger partial charge in [0.25, 0.3) is 0 Å². The van der Waals surface area contributed by atoms with Crippen LogP contribution in [0.15, 0.2) is 48.6 Å². The third-order valence-corrected chi connectivity index (χ3v) is 10.9. The van der Waals surface area contributed by atoms with Gasteiger partial charge in [-0.1, -0.05) is 191 Å². The molecular formula is C48H88NO8P. The Morgan fingerprint density at radius 2 is 0.983 bits per heavy atom. The van der Waals surface area contributed by atoms with Crippen LogP contribution in [-0.2, 0) is 32.7 Å². The zero-order valence-corrected chi connectivity index (χ0v) is 38.4. The minimum absolute atomic E-state index is 0.0224. The van der Waals surface area contributed by atoms with Crippen molar-refractivity contribution < 1.29 is 37.6 Å². The van der Waals surface area contributed by atoms with E-state index in [0.29, 0.717) is 13.0 Å². The lowest BCUT2D eigenvalue weighted by Crippen LogP contribution is -2.29. The smallest absolute Gasteiger partial charge is 0.462 e. The fourth-order valence-corrected chi connectivity index (χ4v) is 7.18. The molecule has 0 rings (SSSR count). The van der Waals surface area contributed by atoms with Crippen LogP contribution in [0.3, 0.4) is 0 Å². The molecule has 0 saturated carbocycles. The minimum atomic E-state index is -4.36. The second-order valence-corrected chi connectivity index (χ2v) is 17.0. The van der Waals surface area contributed by atoms with Crippen LogP contribution in [0.25, 0.3) is 0 Å². The van der Waals surface area contributed by atoms with Crippen LogP contribution >= 0.6 is 7.82 Å². The van der Waals surface area contributed by atoms with Crippen molar-refractivity contribution in [2.45, 2.75) is 213 Å². The molecule has 0 amide bonds. The number of ether oxygens (including phenoxy) is 2. The molecule has 0 saturated heterocycles. The van der Waals surface area contributed by atoms with Crippen LogP contribution in [0.4, 0.5) is 0 Å². The lowest BCUT2D eigenvalue weighted by atomic mass is 10.0. The average Bonchev–Trinajstić information content (AvgIpc) is 3.21. The highest BCUT2D eigenvalue weighted by molar-refractivity contribution is 7.47. The quantitative estimate of drug-likeness (QED) is 0.0267. The van der Waals surface area contributed by atoms with Gasteiger partial charge in [-0.2, -0.15) is 0 Å². The Labute approximate surface area is 356 Å². The van der Waals surface area contributed by atoms with Gasteiger partial charge in [-0.3, -0.25) is 18.6 Å². The zero-order chi connectivity index (χ0) is 42.5. The summed E-state index contributed by atoms with van der Waals surface area (Å²) in [6, 6.07) is 0. The zero-order valence-electron chi connectivity index (χ0n) is 37.5. The van der Waals surface area contributed by atoms with E-state index >= 15 is 0 Å². The molecule has 0 fully saturated rings. The summed E-state index contributed by atoms with van der Waals surface area (Å²) in [6.07, 6.45) is 50.1. The monoisotopic (exact) mass is 838 g/mol. The average molecular weight is 838 g/mol. The first-order valence-corrected chi connectivity index (χ1v) is 25.1. The lowest BCUT2D eigenvalue weighted by molar-refractivity contribution is -0.161. The molecule has 58 heavy (non-hydrogen) atoms. The summed E-state index contributed by atoms with van der Waals surface area (Å²) in [7, 11) is -2.66. The predicted molar refractivity (Wildman–Crippen MR) is 243 cm³/mol. The molecule has 2 N–H and O–H groups in total. The third-order valence-electron chi connectivity index (χ3n) is 9.96. The Balaban J connectivity index is 4.18. The molecule has 2 unspecified atom stereocenters. The highest BCUT2D eigenvalue weighted by Gasteiger charge is 2.26. The van der Waals surface area contributed by atoms with Gasteiger partial charge in [0, 0.05) is 19.4 Å². The van der Waals surface area contributed by atoms with E-state index in [2.05, 4.69) is 67.8 Å². The van der Waals surface area contributed by atoms with Crippen LogP contribution in [0.1, 0.15) is 206 Å². The predicted octanol–water partition coefficient (Wildman–Crippen LogP) is 13.8.